The molecule has 1 saturated heterocycles. The van der Waals surface area contributed by atoms with E-state index in [4.69, 9.17) is 9.53 Å². The summed E-state index contributed by atoms with van der Waals surface area (Å²) in [4.78, 5) is 20.3. The van der Waals surface area contributed by atoms with E-state index in [1.165, 1.54) is 12.0 Å². The maximum atomic E-state index is 12.3. The van der Waals surface area contributed by atoms with Crippen LogP contribution in [-0.4, -0.2) is 37.8 Å². The Morgan fingerprint density at radius 1 is 1.03 bits per heavy atom. The van der Waals surface area contributed by atoms with Crippen LogP contribution >= 0.6 is 0 Å². The van der Waals surface area contributed by atoms with Gasteiger partial charge in [0.05, 0.1) is 0 Å². The first-order valence-corrected chi connectivity index (χ1v) is 13.0. The molecule has 2 aromatic carbocycles. The van der Waals surface area contributed by atoms with Crippen LogP contribution in [0.25, 0.3) is 5.57 Å². The van der Waals surface area contributed by atoms with Crippen molar-refractivity contribution in [3.8, 4) is 5.75 Å². The fraction of sp³-hybridized carbons (Fsp3) is 0.467. The topological polar surface area (TPSA) is 67.4 Å². The third kappa shape index (κ3) is 7.53. The molecule has 0 saturated carbocycles. The summed E-state index contributed by atoms with van der Waals surface area (Å²) >= 11 is 0. The largest absolute Gasteiger partial charge is 0.482 e. The molecular weight excluding hydrogens is 436 g/mol. The Labute approximate surface area is 211 Å². The summed E-state index contributed by atoms with van der Waals surface area (Å²) in [5, 5.41) is 6.91. The van der Waals surface area contributed by atoms with Crippen molar-refractivity contribution in [3.63, 3.8) is 0 Å². The van der Waals surface area contributed by atoms with Gasteiger partial charge in [-0.2, -0.15) is 0 Å². The second-order valence-electron chi connectivity index (χ2n) is 9.03. The van der Waals surface area contributed by atoms with Crippen LogP contribution in [0.4, 0.5) is 5.69 Å². The molecule has 4 rings (SSSR count). The number of hydrogen-bond donors (Lipinski definition) is 2. The van der Waals surface area contributed by atoms with Crippen molar-refractivity contribution < 1.29 is 14.3 Å². The molecule has 5 heteroatoms. The van der Waals surface area contributed by atoms with Gasteiger partial charge in [-0.25, -0.2) is 0 Å². The highest BCUT2D eigenvalue weighted by atomic mass is 16.5. The Bertz CT molecular complexity index is 958. The van der Waals surface area contributed by atoms with Crippen molar-refractivity contribution in [2.45, 2.75) is 71.8 Å². The SMILES string of the molecule is C=O.CCC.CCCC(=O)c1ccc(C2=CC3(CCCNCC3)Oc3ccc(NCC)cc32)cc1. The summed E-state index contributed by atoms with van der Waals surface area (Å²) in [7, 11) is 0. The summed E-state index contributed by atoms with van der Waals surface area (Å²) in [5.41, 5.74) is 5.07. The number of ether oxygens (including phenoxy) is 1. The van der Waals surface area contributed by atoms with Gasteiger partial charge in [0.15, 0.2) is 5.78 Å². The van der Waals surface area contributed by atoms with Gasteiger partial charge in [0.1, 0.15) is 18.1 Å². The van der Waals surface area contributed by atoms with Crippen LogP contribution < -0.4 is 15.4 Å². The highest BCUT2D eigenvalue weighted by Gasteiger charge is 2.36. The smallest absolute Gasteiger partial charge is 0.162 e. The number of ketones is 1. The summed E-state index contributed by atoms with van der Waals surface area (Å²) in [5.74, 6) is 1.16. The standard InChI is InChI=1S/C26H32N2O2.C3H8.CH2O/c1-3-6-24(29)20-9-7-19(8-10-20)23-18-26(13-5-15-27-16-14-26)30-25-12-11-21(28-4-2)17-22(23)25;1-3-2;1-2/h7-12,17-18,27-28H,3-6,13-16H2,1-2H3;3H2,1-2H3;1H2. The molecule has 1 unspecified atom stereocenters. The van der Waals surface area contributed by atoms with Gasteiger partial charge in [0.25, 0.3) is 0 Å². The lowest BCUT2D eigenvalue weighted by atomic mass is 9.84. The van der Waals surface area contributed by atoms with Crippen LogP contribution in [0.1, 0.15) is 87.7 Å². The molecule has 1 spiro atoms. The molecule has 1 atom stereocenters. The molecule has 1 fully saturated rings. The molecule has 2 heterocycles. The highest BCUT2D eigenvalue weighted by molar-refractivity contribution is 5.96. The van der Waals surface area contributed by atoms with Crippen molar-refractivity contribution in [2.75, 3.05) is 25.0 Å². The molecule has 2 N–H and O–H groups in total. The number of carbonyl (C=O) groups is 2. The molecule has 0 amide bonds. The number of Topliss-reactive ketones (excluding diaryl/α,β-unsaturated/α-hetero) is 1. The number of nitrogens with one attached hydrogen (secondary N) is 2. The third-order valence-corrected chi connectivity index (χ3v) is 6.04. The summed E-state index contributed by atoms with van der Waals surface area (Å²) in [6.07, 6.45) is 8.12. The van der Waals surface area contributed by atoms with E-state index >= 15 is 0 Å². The van der Waals surface area contributed by atoms with E-state index < -0.39 is 0 Å². The minimum absolute atomic E-state index is 0.214. The van der Waals surface area contributed by atoms with Crippen molar-refractivity contribution in [3.05, 3.63) is 65.2 Å². The van der Waals surface area contributed by atoms with E-state index in [0.29, 0.717) is 6.42 Å². The van der Waals surface area contributed by atoms with E-state index in [1.807, 2.05) is 25.8 Å². The molecule has 0 aliphatic carbocycles. The molecule has 35 heavy (non-hydrogen) atoms. The molecule has 0 aromatic heterocycles. The Morgan fingerprint density at radius 3 is 2.40 bits per heavy atom. The highest BCUT2D eigenvalue weighted by Crippen LogP contribution is 2.43. The van der Waals surface area contributed by atoms with Crippen molar-refractivity contribution in [2.24, 2.45) is 0 Å². The van der Waals surface area contributed by atoms with Crippen LogP contribution in [0.15, 0.2) is 48.5 Å². The molecular formula is C30H42N2O3. The maximum absolute atomic E-state index is 12.3. The number of carbonyl (C=O) groups excluding carboxylic acids is 2. The van der Waals surface area contributed by atoms with Gasteiger partial charge < -0.3 is 20.2 Å². The maximum Gasteiger partial charge on any atom is 0.162 e. The van der Waals surface area contributed by atoms with Crippen molar-refractivity contribution in [1.29, 1.82) is 0 Å². The van der Waals surface area contributed by atoms with E-state index in [0.717, 1.165) is 73.4 Å². The molecule has 190 valence electrons. The Balaban J connectivity index is 0.000000803. The average molecular weight is 479 g/mol. The van der Waals surface area contributed by atoms with E-state index in [-0.39, 0.29) is 11.4 Å². The quantitative estimate of drug-likeness (QED) is 0.454. The van der Waals surface area contributed by atoms with E-state index in [1.54, 1.807) is 0 Å². The van der Waals surface area contributed by atoms with Crippen molar-refractivity contribution in [1.82, 2.24) is 5.32 Å². The van der Waals surface area contributed by atoms with E-state index in [9.17, 15) is 4.79 Å². The number of hydrogen-bond acceptors (Lipinski definition) is 5. The van der Waals surface area contributed by atoms with Crippen LogP contribution in [0.3, 0.4) is 0 Å². The number of fused-ring (bicyclic) bond motifs is 1. The van der Waals surface area contributed by atoms with Gasteiger partial charge in [0.2, 0.25) is 0 Å². The van der Waals surface area contributed by atoms with E-state index in [2.05, 4.69) is 67.8 Å². The molecule has 2 aliphatic rings. The zero-order chi connectivity index (χ0) is 25.7. The average Bonchev–Trinajstić information content (AvgIpc) is 3.11. The van der Waals surface area contributed by atoms with Crippen LogP contribution in [0.5, 0.6) is 5.75 Å². The lowest BCUT2D eigenvalue weighted by Crippen LogP contribution is -2.37. The first-order valence-electron chi connectivity index (χ1n) is 13.0. The fourth-order valence-corrected chi connectivity index (χ4v) is 4.49. The Hall–Kier alpha value is -2.92. The molecule has 2 aliphatic heterocycles. The Morgan fingerprint density at radius 2 is 1.74 bits per heavy atom. The summed E-state index contributed by atoms with van der Waals surface area (Å²) < 4.78 is 6.62. The van der Waals surface area contributed by atoms with Crippen LogP contribution in [0, 0.1) is 0 Å². The zero-order valence-corrected chi connectivity index (χ0v) is 21.9. The predicted octanol–water partition coefficient (Wildman–Crippen LogP) is 6.67. The predicted molar refractivity (Wildman–Crippen MR) is 147 cm³/mol. The molecule has 5 nitrogen and oxygen atoms in total. The lowest BCUT2D eigenvalue weighted by molar-refractivity contribution is -0.0980. The van der Waals surface area contributed by atoms with Gasteiger partial charge in [-0.15, -0.1) is 0 Å². The minimum atomic E-state index is -0.276. The van der Waals surface area contributed by atoms with Gasteiger partial charge in [-0.05, 0) is 74.7 Å². The first-order chi connectivity index (χ1) is 17.1. The summed E-state index contributed by atoms with van der Waals surface area (Å²) in [6, 6.07) is 14.5. The second kappa shape index (κ2) is 14.5. The number of anilines is 1. The van der Waals surface area contributed by atoms with Gasteiger partial charge in [0, 0.05) is 36.2 Å². The molecule has 0 radical (unpaired) electrons. The first kappa shape index (κ1) is 28.3. The zero-order valence-electron chi connectivity index (χ0n) is 21.9. The molecule has 2 aromatic rings. The second-order valence-corrected chi connectivity index (χ2v) is 9.03. The van der Waals surface area contributed by atoms with Gasteiger partial charge in [-0.1, -0.05) is 51.5 Å². The summed E-state index contributed by atoms with van der Waals surface area (Å²) in [6.45, 7) is 13.3. The third-order valence-electron chi connectivity index (χ3n) is 6.04. The van der Waals surface area contributed by atoms with Gasteiger partial charge >= 0.3 is 0 Å². The lowest BCUT2D eigenvalue weighted by Gasteiger charge is -2.37. The van der Waals surface area contributed by atoms with Gasteiger partial charge in [-0.3, -0.25) is 4.79 Å². The number of rotatable bonds is 6. The van der Waals surface area contributed by atoms with Crippen LogP contribution in [-0.2, 0) is 4.79 Å². The number of benzene rings is 2. The normalized spacial score (nSPS) is 18.3. The monoisotopic (exact) mass is 478 g/mol. The fourth-order valence-electron chi connectivity index (χ4n) is 4.49. The van der Waals surface area contributed by atoms with Crippen LogP contribution in [0.2, 0.25) is 0 Å². The minimum Gasteiger partial charge on any atom is -0.482 e. The molecule has 0 bridgehead atoms. The van der Waals surface area contributed by atoms with Crippen molar-refractivity contribution >= 4 is 23.8 Å². The Kier molecular flexibility index (Phi) is 11.7.